The molecule has 1 aromatic heterocycles. The van der Waals surface area contributed by atoms with Gasteiger partial charge in [-0.2, -0.15) is 0 Å². The monoisotopic (exact) mass is 195 g/mol. The minimum Gasteiger partial charge on any atom is -0.324 e. The van der Waals surface area contributed by atoms with Gasteiger partial charge in [0, 0.05) is 17.8 Å². The van der Waals surface area contributed by atoms with Crippen molar-refractivity contribution in [3.63, 3.8) is 0 Å². The molecule has 0 aliphatic heterocycles. The third-order valence-corrected chi connectivity index (χ3v) is 2.16. The van der Waals surface area contributed by atoms with E-state index >= 15 is 0 Å². The van der Waals surface area contributed by atoms with Gasteiger partial charge >= 0.3 is 0 Å². The second kappa shape index (κ2) is 4.15. The zero-order valence-electron chi connectivity index (χ0n) is 8.23. The average Bonchev–Trinajstić information content (AvgIpc) is 2.17. The molecule has 14 heavy (non-hydrogen) atoms. The molecule has 0 fully saturated rings. The van der Waals surface area contributed by atoms with Gasteiger partial charge in [0.15, 0.2) is 0 Å². The van der Waals surface area contributed by atoms with Gasteiger partial charge in [-0.25, -0.2) is 0 Å². The molecule has 1 heterocycles. The van der Waals surface area contributed by atoms with Crippen LogP contribution >= 0.6 is 0 Å². The molecule has 0 spiro atoms. The summed E-state index contributed by atoms with van der Waals surface area (Å²) in [6.07, 6.45) is 1.99. The number of nitrogens with zero attached hydrogens (tertiary/aromatic N) is 2. The van der Waals surface area contributed by atoms with Crippen molar-refractivity contribution in [2.24, 2.45) is 5.73 Å². The SMILES string of the molecule is CCC(N)c1cc([N+](=O)[O-])cnc1C. The Labute approximate surface area is 82.1 Å². The summed E-state index contributed by atoms with van der Waals surface area (Å²) >= 11 is 0. The number of hydrogen-bond acceptors (Lipinski definition) is 4. The van der Waals surface area contributed by atoms with Gasteiger partial charge in [-0.3, -0.25) is 15.1 Å². The van der Waals surface area contributed by atoms with Crippen molar-refractivity contribution in [2.75, 3.05) is 0 Å². The Balaban J connectivity index is 3.14. The minimum atomic E-state index is -0.460. The third kappa shape index (κ3) is 2.05. The smallest absolute Gasteiger partial charge is 0.287 e. The fourth-order valence-electron chi connectivity index (χ4n) is 1.23. The lowest BCUT2D eigenvalue weighted by molar-refractivity contribution is -0.385. The van der Waals surface area contributed by atoms with Gasteiger partial charge < -0.3 is 5.73 Å². The number of pyridine rings is 1. The quantitative estimate of drug-likeness (QED) is 0.588. The van der Waals surface area contributed by atoms with Gasteiger partial charge in [-0.15, -0.1) is 0 Å². The molecule has 0 aliphatic carbocycles. The van der Waals surface area contributed by atoms with E-state index < -0.39 is 4.92 Å². The summed E-state index contributed by atoms with van der Waals surface area (Å²) < 4.78 is 0. The van der Waals surface area contributed by atoms with Gasteiger partial charge in [0.1, 0.15) is 6.20 Å². The van der Waals surface area contributed by atoms with Crippen LogP contribution in [0, 0.1) is 17.0 Å². The van der Waals surface area contributed by atoms with Crippen LogP contribution in [-0.4, -0.2) is 9.91 Å². The van der Waals surface area contributed by atoms with E-state index in [0.717, 1.165) is 17.7 Å². The maximum Gasteiger partial charge on any atom is 0.287 e. The van der Waals surface area contributed by atoms with Crippen LogP contribution in [0.4, 0.5) is 5.69 Å². The molecular weight excluding hydrogens is 182 g/mol. The molecule has 1 rings (SSSR count). The summed E-state index contributed by atoms with van der Waals surface area (Å²) in [5.41, 5.74) is 7.30. The van der Waals surface area contributed by atoms with Crippen molar-refractivity contribution in [2.45, 2.75) is 26.3 Å². The topological polar surface area (TPSA) is 82.0 Å². The molecule has 0 saturated heterocycles. The second-order valence-corrected chi connectivity index (χ2v) is 3.14. The van der Waals surface area contributed by atoms with Crippen molar-refractivity contribution < 1.29 is 4.92 Å². The van der Waals surface area contributed by atoms with E-state index in [1.807, 2.05) is 6.92 Å². The molecule has 0 bridgehead atoms. The predicted octanol–water partition coefficient (Wildman–Crippen LogP) is 1.71. The normalized spacial score (nSPS) is 12.5. The number of hydrogen-bond donors (Lipinski definition) is 1. The van der Waals surface area contributed by atoms with Crippen LogP contribution in [0.15, 0.2) is 12.3 Å². The van der Waals surface area contributed by atoms with Crippen LogP contribution in [0.2, 0.25) is 0 Å². The van der Waals surface area contributed by atoms with Crippen molar-refractivity contribution in [3.05, 3.63) is 33.6 Å². The average molecular weight is 195 g/mol. The fourth-order valence-corrected chi connectivity index (χ4v) is 1.23. The first-order chi connectivity index (χ1) is 6.56. The Bertz CT molecular complexity index is 352. The van der Waals surface area contributed by atoms with E-state index in [2.05, 4.69) is 4.98 Å². The lowest BCUT2D eigenvalue weighted by Gasteiger charge is -2.10. The number of aryl methyl sites for hydroxylation is 1. The summed E-state index contributed by atoms with van der Waals surface area (Å²) in [5.74, 6) is 0. The molecule has 0 aromatic carbocycles. The largest absolute Gasteiger partial charge is 0.324 e. The van der Waals surface area contributed by atoms with Gasteiger partial charge in [-0.1, -0.05) is 6.92 Å². The first-order valence-corrected chi connectivity index (χ1v) is 4.42. The highest BCUT2D eigenvalue weighted by molar-refractivity contribution is 5.35. The van der Waals surface area contributed by atoms with E-state index in [9.17, 15) is 10.1 Å². The first-order valence-electron chi connectivity index (χ1n) is 4.42. The van der Waals surface area contributed by atoms with E-state index in [1.54, 1.807) is 6.92 Å². The number of nitrogens with two attached hydrogens (primary N) is 1. The first kappa shape index (κ1) is 10.6. The molecule has 1 unspecified atom stereocenters. The number of nitro groups is 1. The molecule has 1 atom stereocenters. The lowest BCUT2D eigenvalue weighted by Crippen LogP contribution is -2.11. The Kier molecular flexibility index (Phi) is 3.14. The van der Waals surface area contributed by atoms with Gasteiger partial charge in [0.2, 0.25) is 0 Å². The molecule has 1 aromatic rings. The molecular formula is C9H13N3O2. The highest BCUT2D eigenvalue weighted by Crippen LogP contribution is 2.21. The second-order valence-electron chi connectivity index (χ2n) is 3.14. The van der Waals surface area contributed by atoms with E-state index in [-0.39, 0.29) is 11.7 Å². The predicted molar refractivity (Wildman–Crippen MR) is 52.8 cm³/mol. The Morgan fingerprint density at radius 1 is 1.71 bits per heavy atom. The molecule has 5 nitrogen and oxygen atoms in total. The van der Waals surface area contributed by atoms with Gasteiger partial charge in [0.05, 0.1) is 4.92 Å². The van der Waals surface area contributed by atoms with Crippen LogP contribution in [0.1, 0.15) is 30.6 Å². The van der Waals surface area contributed by atoms with E-state index in [1.165, 1.54) is 12.3 Å². The fraction of sp³-hybridized carbons (Fsp3) is 0.444. The molecule has 0 radical (unpaired) electrons. The summed E-state index contributed by atoms with van der Waals surface area (Å²) in [6.45, 7) is 3.73. The lowest BCUT2D eigenvalue weighted by atomic mass is 10.0. The molecule has 0 amide bonds. The van der Waals surface area contributed by atoms with Crippen LogP contribution in [-0.2, 0) is 0 Å². The highest BCUT2D eigenvalue weighted by atomic mass is 16.6. The molecule has 76 valence electrons. The molecule has 5 heteroatoms. The standard InChI is InChI=1S/C9H13N3O2/c1-3-9(10)8-4-7(12(13)14)5-11-6(8)2/h4-5,9H,3,10H2,1-2H3. The zero-order valence-corrected chi connectivity index (χ0v) is 8.23. The summed E-state index contributed by atoms with van der Waals surface area (Å²) in [5, 5.41) is 10.5. The minimum absolute atomic E-state index is 0.00509. The van der Waals surface area contributed by atoms with E-state index in [4.69, 9.17) is 5.73 Å². The summed E-state index contributed by atoms with van der Waals surface area (Å²) in [4.78, 5) is 14.0. The Morgan fingerprint density at radius 3 is 2.86 bits per heavy atom. The Morgan fingerprint density at radius 2 is 2.36 bits per heavy atom. The van der Waals surface area contributed by atoms with Crippen LogP contribution < -0.4 is 5.73 Å². The third-order valence-electron chi connectivity index (χ3n) is 2.16. The number of rotatable bonds is 3. The van der Waals surface area contributed by atoms with Gasteiger partial charge in [-0.05, 0) is 18.9 Å². The maximum atomic E-state index is 10.5. The zero-order chi connectivity index (χ0) is 10.7. The van der Waals surface area contributed by atoms with E-state index in [0.29, 0.717) is 0 Å². The molecule has 0 aliphatic rings. The van der Waals surface area contributed by atoms with Crippen molar-refractivity contribution in [1.29, 1.82) is 0 Å². The van der Waals surface area contributed by atoms with Crippen LogP contribution in [0.5, 0.6) is 0 Å². The summed E-state index contributed by atoms with van der Waals surface area (Å²) in [6, 6.07) is 1.32. The van der Waals surface area contributed by atoms with Crippen molar-refractivity contribution >= 4 is 5.69 Å². The summed E-state index contributed by atoms with van der Waals surface area (Å²) in [7, 11) is 0. The highest BCUT2D eigenvalue weighted by Gasteiger charge is 2.13. The number of aromatic nitrogens is 1. The van der Waals surface area contributed by atoms with Crippen LogP contribution in [0.3, 0.4) is 0 Å². The Hall–Kier alpha value is -1.49. The van der Waals surface area contributed by atoms with Crippen LogP contribution in [0.25, 0.3) is 0 Å². The molecule has 0 saturated carbocycles. The molecule has 2 N–H and O–H groups in total. The van der Waals surface area contributed by atoms with Crippen molar-refractivity contribution in [3.8, 4) is 0 Å². The van der Waals surface area contributed by atoms with Crippen molar-refractivity contribution in [1.82, 2.24) is 4.98 Å². The maximum absolute atomic E-state index is 10.5. The van der Waals surface area contributed by atoms with Gasteiger partial charge in [0.25, 0.3) is 5.69 Å².